The molecule has 1 aliphatic rings. The van der Waals surface area contributed by atoms with Crippen LogP contribution in [0.3, 0.4) is 0 Å². The van der Waals surface area contributed by atoms with Crippen molar-refractivity contribution < 1.29 is 5.11 Å². The standard InChI is InChI=1S/C16H21N3O2/c1-11-7-8-14(20)16-18-13(9-15(21)19(11)16)10-17-12-5-3-2-4-6-12/h7-9,12,17,20H,2-6,10H2,1H3. The molecule has 1 saturated carbocycles. The maximum atomic E-state index is 12.2. The fourth-order valence-electron chi connectivity index (χ4n) is 3.04. The Morgan fingerprint density at radius 1 is 1.33 bits per heavy atom. The van der Waals surface area contributed by atoms with Gasteiger partial charge in [-0.25, -0.2) is 4.98 Å². The molecule has 0 bridgehead atoms. The molecule has 2 aromatic rings. The molecule has 0 radical (unpaired) electrons. The van der Waals surface area contributed by atoms with Gasteiger partial charge in [-0.3, -0.25) is 9.20 Å². The molecule has 5 heteroatoms. The first-order chi connectivity index (χ1) is 10.1. The van der Waals surface area contributed by atoms with Crippen molar-refractivity contribution in [2.24, 2.45) is 0 Å². The summed E-state index contributed by atoms with van der Waals surface area (Å²) in [4.78, 5) is 16.6. The van der Waals surface area contributed by atoms with Crippen molar-refractivity contribution in [1.29, 1.82) is 0 Å². The molecule has 2 aromatic heterocycles. The van der Waals surface area contributed by atoms with Gasteiger partial charge in [-0.15, -0.1) is 0 Å². The van der Waals surface area contributed by atoms with Crippen molar-refractivity contribution in [1.82, 2.24) is 14.7 Å². The zero-order valence-corrected chi connectivity index (χ0v) is 12.3. The molecular formula is C16H21N3O2. The summed E-state index contributed by atoms with van der Waals surface area (Å²) in [5.74, 6) is 0.0391. The minimum atomic E-state index is -0.145. The Bertz CT molecular complexity index is 702. The van der Waals surface area contributed by atoms with Gasteiger partial charge in [-0.1, -0.05) is 19.3 Å². The summed E-state index contributed by atoms with van der Waals surface area (Å²) in [6.07, 6.45) is 6.24. The van der Waals surface area contributed by atoms with E-state index in [4.69, 9.17) is 0 Å². The van der Waals surface area contributed by atoms with E-state index < -0.39 is 0 Å². The number of hydrogen-bond acceptors (Lipinski definition) is 4. The molecule has 21 heavy (non-hydrogen) atoms. The van der Waals surface area contributed by atoms with E-state index in [2.05, 4.69) is 10.3 Å². The summed E-state index contributed by atoms with van der Waals surface area (Å²) in [5, 5.41) is 13.4. The average Bonchev–Trinajstić information content (AvgIpc) is 2.50. The van der Waals surface area contributed by atoms with Gasteiger partial charge in [0.2, 0.25) is 0 Å². The monoisotopic (exact) mass is 287 g/mol. The van der Waals surface area contributed by atoms with Crippen molar-refractivity contribution >= 4 is 5.65 Å². The summed E-state index contributed by atoms with van der Waals surface area (Å²) in [6.45, 7) is 2.40. The molecule has 5 nitrogen and oxygen atoms in total. The summed E-state index contributed by atoms with van der Waals surface area (Å²) in [5.41, 5.74) is 1.65. The normalized spacial score (nSPS) is 16.4. The van der Waals surface area contributed by atoms with Gasteiger partial charge in [0.25, 0.3) is 5.56 Å². The van der Waals surface area contributed by atoms with E-state index >= 15 is 0 Å². The Labute approximate surface area is 123 Å². The Morgan fingerprint density at radius 3 is 2.86 bits per heavy atom. The van der Waals surface area contributed by atoms with E-state index in [1.54, 1.807) is 18.2 Å². The van der Waals surface area contributed by atoms with Crippen LogP contribution in [-0.2, 0) is 6.54 Å². The minimum absolute atomic E-state index is 0.0391. The van der Waals surface area contributed by atoms with Crippen LogP contribution < -0.4 is 10.9 Å². The maximum Gasteiger partial charge on any atom is 0.258 e. The van der Waals surface area contributed by atoms with Gasteiger partial charge in [0.15, 0.2) is 11.4 Å². The molecule has 0 atom stereocenters. The second-order valence-corrected chi connectivity index (χ2v) is 5.82. The molecule has 3 rings (SSSR count). The van der Waals surface area contributed by atoms with Gasteiger partial charge < -0.3 is 10.4 Å². The van der Waals surface area contributed by atoms with Crippen LogP contribution >= 0.6 is 0 Å². The molecule has 1 fully saturated rings. The number of nitrogens with zero attached hydrogens (tertiary/aromatic N) is 2. The van der Waals surface area contributed by atoms with Crippen LogP contribution in [-0.4, -0.2) is 20.5 Å². The van der Waals surface area contributed by atoms with E-state index in [-0.39, 0.29) is 11.3 Å². The summed E-state index contributed by atoms with van der Waals surface area (Å²) in [7, 11) is 0. The predicted octanol–water partition coefficient (Wildman–Crippen LogP) is 2.13. The Morgan fingerprint density at radius 2 is 2.10 bits per heavy atom. The van der Waals surface area contributed by atoms with Crippen molar-refractivity contribution in [3.8, 4) is 5.75 Å². The number of pyridine rings is 1. The van der Waals surface area contributed by atoms with Crippen LogP contribution in [0.15, 0.2) is 23.0 Å². The highest BCUT2D eigenvalue weighted by molar-refractivity contribution is 5.53. The summed E-state index contributed by atoms with van der Waals surface area (Å²) < 4.78 is 1.44. The topological polar surface area (TPSA) is 66.6 Å². The molecule has 0 amide bonds. The van der Waals surface area contributed by atoms with Crippen LogP contribution in [0.4, 0.5) is 0 Å². The predicted molar refractivity (Wildman–Crippen MR) is 81.6 cm³/mol. The number of rotatable bonds is 3. The first kappa shape index (κ1) is 14.1. The number of aryl methyl sites for hydroxylation is 1. The zero-order valence-electron chi connectivity index (χ0n) is 12.3. The number of aromatic nitrogens is 2. The molecular weight excluding hydrogens is 266 g/mol. The van der Waals surface area contributed by atoms with Crippen molar-refractivity contribution in [2.45, 2.75) is 51.6 Å². The van der Waals surface area contributed by atoms with Crippen LogP contribution in [0.25, 0.3) is 5.65 Å². The fourth-order valence-corrected chi connectivity index (χ4v) is 3.04. The van der Waals surface area contributed by atoms with Crippen molar-refractivity contribution in [3.63, 3.8) is 0 Å². The van der Waals surface area contributed by atoms with Crippen LogP contribution in [0, 0.1) is 6.92 Å². The molecule has 0 unspecified atom stereocenters. The molecule has 2 N–H and O–H groups in total. The average molecular weight is 287 g/mol. The highest BCUT2D eigenvalue weighted by atomic mass is 16.3. The third-order valence-corrected chi connectivity index (χ3v) is 4.21. The molecule has 1 aliphatic carbocycles. The van der Waals surface area contributed by atoms with Crippen LogP contribution in [0.5, 0.6) is 5.75 Å². The quantitative estimate of drug-likeness (QED) is 0.907. The Balaban J connectivity index is 1.86. The third kappa shape index (κ3) is 2.93. The first-order valence-corrected chi connectivity index (χ1v) is 7.60. The molecule has 112 valence electrons. The lowest BCUT2D eigenvalue weighted by Crippen LogP contribution is -2.31. The van der Waals surface area contributed by atoms with E-state index in [1.807, 2.05) is 6.92 Å². The van der Waals surface area contributed by atoms with E-state index in [0.29, 0.717) is 23.9 Å². The van der Waals surface area contributed by atoms with E-state index in [1.165, 1.54) is 36.5 Å². The molecule has 0 spiro atoms. The number of fused-ring (bicyclic) bond motifs is 1. The van der Waals surface area contributed by atoms with E-state index in [0.717, 1.165) is 5.69 Å². The smallest absolute Gasteiger partial charge is 0.258 e. The zero-order chi connectivity index (χ0) is 14.8. The van der Waals surface area contributed by atoms with E-state index in [9.17, 15) is 9.90 Å². The Hall–Kier alpha value is -1.88. The van der Waals surface area contributed by atoms with Gasteiger partial charge in [0, 0.05) is 24.3 Å². The van der Waals surface area contributed by atoms with Crippen molar-refractivity contribution in [3.05, 3.63) is 39.9 Å². The molecule has 0 saturated heterocycles. The minimum Gasteiger partial charge on any atom is -0.504 e. The van der Waals surface area contributed by atoms with Crippen molar-refractivity contribution in [2.75, 3.05) is 0 Å². The van der Waals surface area contributed by atoms with Gasteiger partial charge in [-0.05, 0) is 31.9 Å². The fraction of sp³-hybridized carbons (Fsp3) is 0.500. The third-order valence-electron chi connectivity index (χ3n) is 4.21. The lowest BCUT2D eigenvalue weighted by molar-refractivity contribution is 0.371. The van der Waals surface area contributed by atoms with Crippen LogP contribution in [0.1, 0.15) is 43.5 Å². The maximum absolute atomic E-state index is 12.2. The molecule has 0 aromatic carbocycles. The Kier molecular flexibility index (Phi) is 3.92. The second kappa shape index (κ2) is 5.85. The van der Waals surface area contributed by atoms with Crippen LogP contribution in [0.2, 0.25) is 0 Å². The summed E-state index contributed by atoms with van der Waals surface area (Å²) >= 11 is 0. The van der Waals surface area contributed by atoms with Gasteiger partial charge in [0.1, 0.15) is 0 Å². The SMILES string of the molecule is Cc1ccc(O)c2nc(CNC3CCCCC3)cc(=O)n12. The molecule has 2 heterocycles. The largest absolute Gasteiger partial charge is 0.504 e. The number of nitrogens with one attached hydrogen (secondary N) is 1. The van der Waals surface area contributed by atoms with Gasteiger partial charge in [-0.2, -0.15) is 0 Å². The lowest BCUT2D eigenvalue weighted by Gasteiger charge is -2.22. The molecule has 0 aliphatic heterocycles. The van der Waals surface area contributed by atoms with Gasteiger partial charge in [0.05, 0.1) is 5.69 Å². The highest BCUT2D eigenvalue weighted by Crippen LogP contribution is 2.18. The lowest BCUT2D eigenvalue weighted by atomic mass is 9.95. The summed E-state index contributed by atoms with van der Waals surface area (Å²) in [6, 6.07) is 5.36. The number of hydrogen-bond donors (Lipinski definition) is 2. The first-order valence-electron chi connectivity index (χ1n) is 7.60. The number of aromatic hydroxyl groups is 1. The second-order valence-electron chi connectivity index (χ2n) is 5.82. The highest BCUT2D eigenvalue weighted by Gasteiger charge is 2.14. The van der Waals surface area contributed by atoms with Gasteiger partial charge >= 0.3 is 0 Å².